The van der Waals surface area contributed by atoms with Crippen molar-refractivity contribution in [2.24, 2.45) is 0 Å². The zero-order valence-corrected chi connectivity index (χ0v) is 16.9. The standard InChI is InChI=1S/C23H29NO4/c1-4-5-14-28-23(26)19-10-12-20(13-11-19)24-22(25)7-6-15-27-21-16-17(2)8-9-18(21)3/h8-13,16H,4-7,14-15H2,1-3H3,(H,24,25). The molecule has 0 spiro atoms. The molecule has 1 amide bonds. The molecule has 1 N–H and O–H groups in total. The van der Waals surface area contributed by atoms with Gasteiger partial charge in [-0.2, -0.15) is 0 Å². The lowest BCUT2D eigenvalue weighted by atomic mass is 10.1. The van der Waals surface area contributed by atoms with Gasteiger partial charge in [0, 0.05) is 12.1 Å². The van der Waals surface area contributed by atoms with Gasteiger partial charge in [0.05, 0.1) is 18.8 Å². The van der Waals surface area contributed by atoms with Gasteiger partial charge in [-0.25, -0.2) is 4.79 Å². The van der Waals surface area contributed by atoms with E-state index in [2.05, 4.69) is 5.32 Å². The van der Waals surface area contributed by atoms with Crippen molar-refractivity contribution in [3.63, 3.8) is 0 Å². The van der Waals surface area contributed by atoms with Crippen molar-refractivity contribution in [3.8, 4) is 5.75 Å². The summed E-state index contributed by atoms with van der Waals surface area (Å²) in [5.74, 6) is 0.444. The van der Waals surface area contributed by atoms with Crippen LogP contribution >= 0.6 is 0 Å². The average molecular weight is 383 g/mol. The van der Waals surface area contributed by atoms with E-state index in [-0.39, 0.29) is 11.9 Å². The summed E-state index contributed by atoms with van der Waals surface area (Å²) in [5, 5.41) is 2.83. The number of nitrogens with one attached hydrogen (secondary N) is 1. The summed E-state index contributed by atoms with van der Waals surface area (Å²) >= 11 is 0. The fourth-order valence-electron chi connectivity index (χ4n) is 2.58. The van der Waals surface area contributed by atoms with Gasteiger partial charge in [0.15, 0.2) is 0 Å². The number of anilines is 1. The molecule has 5 heteroatoms. The van der Waals surface area contributed by atoms with Crippen molar-refractivity contribution in [1.29, 1.82) is 0 Å². The van der Waals surface area contributed by atoms with Crippen LogP contribution in [0.25, 0.3) is 0 Å². The minimum atomic E-state index is -0.338. The summed E-state index contributed by atoms with van der Waals surface area (Å²) in [4.78, 5) is 23.9. The molecule has 2 aromatic rings. The van der Waals surface area contributed by atoms with Gasteiger partial charge in [-0.3, -0.25) is 4.79 Å². The molecule has 0 fully saturated rings. The van der Waals surface area contributed by atoms with Crippen LogP contribution in [-0.4, -0.2) is 25.1 Å². The van der Waals surface area contributed by atoms with Gasteiger partial charge in [-0.15, -0.1) is 0 Å². The van der Waals surface area contributed by atoms with Gasteiger partial charge in [-0.05, 0) is 68.1 Å². The van der Waals surface area contributed by atoms with E-state index < -0.39 is 0 Å². The summed E-state index contributed by atoms with van der Waals surface area (Å²) in [6.07, 6.45) is 2.83. The number of benzene rings is 2. The number of carbonyl (C=O) groups is 2. The van der Waals surface area contributed by atoms with Gasteiger partial charge in [0.25, 0.3) is 0 Å². The molecule has 150 valence electrons. The highest BCUT2D eigenvalue weighted by atomic mass is 16.5. The Kier molecular flexibility index (Phi) is 8.53. The van der Waals surface area contributed by atoms with E-state index in [9.17, 15) is 9.59 Å². The SMILES string of the molecule is CCCCOC(=O)c1ccc(NC(=O)CCCOc2cc(C)ccc2C)cc1. The van der Waals surface area contributed by atoms with Gasteiger partial charge in [0.1, 0.15) is 5.75 Å². The Labute approximate surface area is 167 Å². The van der Waals surface area contributed by atoms with Crippen LogP contribution < -0.4 is 10.1 Å². The molecule has 0 aliphatic rings. The van der Waals surface area contributed by atoms with E-state index >= 15 is 0 Å². The van der Waals surface area contributed by atoms with Crippen molar-refractivity contribution in [3.05, 3.63) is 59.2 Å². The number of aryl methyl sites for hydroxylation is 2. The van der Waals surface area contributed by atoms with E-state index in [0.717, 1.165) is 29.7 Å². The monoisotopic (exact) mass is 383 g/mol. The van der Waals surface area contributed by atoms with Crippen LogP contribution in [0.2, 0.25) is 0 Å². The fourth-order valence-corrected chi connectivity index (χ4v) is 2.58. The normalized spacial score (nSPS) is 10.4. The molecule has 0 saturated heterocycles. The third kappa shape index (κ3) is 7.06. The zero-order valence-electron chi connectivity index (χ0n) is 16.9. The molecule has 2 rings (SSSR count). The van der Waals surface area contributed by atoms with Crippen molar-refractivity contribution in [1.82, 2.24) is 0 Å². The van der Waals surface area contributed by atoms with Crippen molar-refractivity contribution >= 4 is 17.6 Å². The first-order valence-electron chi connectivity index (χ1n) is 9.76. The van der Waals surface area contributed by atoms with Crippen LogP contribution in [0.4, 0.5) is 5.69 Å². The zero-order chi connectivity index (χ0) is 20.4. The Bertz CT molecular complexity index is 784. The number of rotatable bonds is 10. The van der Waals surface area contributed by atoms with Crippen LogP contribution in [0.1, 0.15) is 54.1 Å². The maximum Gasteiger partial charge on any atom is 0.338 e. The fraction of sp³-hybridized carbons (Fsp3) is 0.391. The molecule has 5 nitrogen and oxygen atoms in total. The first-order valence-corrected chi connectivity index (χ1v) is 9.76. The predicted octanol–water partition coefficient (Wildman–Crippen LogP) is 5.06. The molecule has 0 saturated carbocycles. The van der Waals surface area contributed by atoms with Crippen LogP contribution in [-0.2, 0) is 9.53 Å². The van der Waals surface area contributed by atoms with Crippen LogP contribution in [0.5, 0.6) is 5.75 Å². The Balaban J connectivity index is 1.72. The van der Waals surface area contributed by atoms with Crippen molar-refractivity contribution in [2.45, 2.75) is 46.5 Å². The van der Waals surface area contributed by atoms with E-state index in [1.807, 2.05) is 39.0 Å². The highest BCUT2D eigenvalue weighted by Crippen LogP contribution is 2.19. The Hall–Kier alpha value is -2.82. The van der Waals surface area contributed by atoms with Crippen LogP contribution in [0, 0.1) is 13.8 Å². The van der Waals surface area contributed by atoms with E-state index in [0.29, 0.717) is 37.3 Å². The Morgan fingerprint density at radius 3 is 2.43 bits per heavy atom. The highest BCUT2D eigenvalue weighted by Gasteiger charge is 2.08. The molecule has 0 aliphatic carbocycles. The molecular weight excluding hydrogens is 354 g/mol. The lowest BCUT2D eigenvalue weighted by Gasteiger charge is -2.10. The molecule has 28 heavy (non-hydrogen) atoms. The summed E-state index contributed by atoms with van der Waals surface area (Å²) in [7, 11) is 0. The lowest BCUT2D eigenvalue weighted by Crippen LogP contribution is -2.13. The number of ether oxygens (including phenoxy) is 2. The van der Waals surface area contributed by atoms with Crippen molar-refractivity contribution in [2.75, 3.05) is 18.5 Å². The Morgan fingerprint density at radius 1 is 0.964 bits per heavy atom. The number of hydrogen-bond donors (Lipinski definition) is 1. The third-order valence-corrected chi connectivity index (χ3v) is 4.28. The topological polar surface area (TPSA) is 64.6 Å². The second kappa shape index (κ2) is 11.1. The summed E-state index contributed by atoms with van der Waals surface area (Å²) < 4.78 is 10.9. The average Bonchev–Trinajstić information content (AvgIpc) is 2.68. The van der Waals surface area contributed by atoms with Gasteiger partial charge >= 0.3 is 5.97 Å². The summed E-state index contributed by atoms with van der Waals surface area (Å²) in [6.45, 7) is 6.99. The van der Waals surface area contributed by atoms with E-state index in [1.54, 1.807) is 24.3 Å². The van der Waals surface area contributed by atoms with Crippen LogP contribution in [0.3, 0.4) is 0 Å². The molecule has 0 unspecified atom stereocenters. The number of esters is 1. The molecule has 0 aromatic heterocycles. The molecule has 0 atom stereocenters. The van der Waals surface area contributed by atoms with E-state index in [4.69, 9.17) is 9.47 Å². The van der Waals surface area contributed by atoms with Crippen molar-refractivity contribution < 1.29 is 19.1 Å². The largest absolute Gasteiger partial charge is 0.493 e. The molecule has 0 heterocycles. The predicted molar refractivity (Wildman–Crippen MR) is 111 cm³/mol. The number of carbonyl (C=O) groups excluding carboxylic acids is 2. The van der Waals surface area contributed by atoms with Gasteiger partial charge < -0.3 is 14.8 Å². The number of hydrogen-bond acceptors (Lipinski definition) is 4. The first-order chi connectivity index (χ1) is 13.5. The maximum atomic E-state index is 12.1. The molecule has 0 radical (unpaired) electrons. The van der Waals surface area contributed by atoms with Gasteiger partial charge in [-0.1, -0.05) is 25.5 Å². The third-order valence-electron chi connectivity index (χ3n) is 4.28. The smallest absolute Gasteiger partial charge is 0.338 e. The molecule has 2 aromatic carbocycles. The van der Waals surface area contributed by atoms with Crippen LogP contribution in [0.15, 0.2) is 42.5 Å². The minimum absolute atomic E-state index is 0.0807. The molecular formula is C23H29NO4. The highest BCUT2D eigenvalue weighted by molar-refractivity contribution is 5.93. The minimum Gasteiger partial charge on any atom is -0.493 e. The molecule has 0 aliphatic heterocycles. The molecule has 0 bridgehead atoms. The first kappa shape index (κ1) is 21.5. The second-order valence-corrected chi connectivity index (χ2v) is 6.84. The van der Waals surface area contributed by atoms with E-state index in [1.165, 1.54) is 0 Å². The number of amides is 1. The summed E-state index contributed by atoms with van der Waals surface area (Å²) in [5.41, 5.74) is 3.38. The summed E-state index contributed by atoms with van der Waals surface area (Å²) in [6, 6.07) is 12.8. The Morgan fingerprint density at radius 2 is 1.71 bits per heavy atom. The second-order valence-electron chi connectivity index (χ2n) is 6.84. The quantitative estimate of drug-likeness (QED) is 0.460. The maximum absolute atomic E-state index is 12.1. The lowest BCUT2D eigenvalue weighted by molar-refractivity contribution is -0.116. The number of unbranched alkanes of at least 4 members (excludes halogenated alkanes) is 1. The van der Waals surface area contributed by atoms with Gasteiger partial charge in [0.2, 0.25) is 5.91 Å².